The highest BCUT2D eigenvalue weighted by Crippen LogP contribution is 2.46. The standard InChI is InChI=1S/C43H61N7O4Si2/c1-43(2,3)54-42(51)49-34-16-17-35(49)26-33(25-34)39-36(19-20-44)41(48(29-52-21-23-55(4,5)6)30-53-22-24-56(7,8)9)50-40(47-39)37(28-46-50)32-15-18-38(45-27-32)31-13-11-10-12-14-31/h10-15,18,27-28,33-35H,16-17,19,21-26,29-30H2,1-9H3/t33?,34-,35?/m1/s1. The number of nitriles is 1. The van der Waals surface area contributed by atoms with Gasteiger partial charge in [-0.05, 0) is 64.6 Å². The lowest BCUT2D eigenvalue weighted by atomic mass is 9.85. The number of aromatic nitrogens is 4. The van der Waals surface area contributed by atoms with Crippen LogP contribution >= 0.6 is 0 Å². The smallest absolute Gasteiger partial charge is 0.410 e. The van der Waals surface area contributed by atoms with E-state index in [0.717, 1.165) is 77.2 Å². The molecule has 4 aromatic rings. The summed E-state index contributed by atoms with van der Waals surface area (Å²) >= 11 is 0. The first kappa shape index (κ1) is 41.5. The highest BCUT2D eigenvalue weighted by molar-refractivity contribution is 6.76. The van der Waals surface area contributed by atoms with Gasteiger partial charge in [0.15, 0.2) is 5.65 Å². The van der Waals surface area contributed by atoms with Crippen molar-refractivity contribution in [2.24, 2.45) is 0 Å². The van der Waals surface area contributed by atoms with Crippen molar-refractivity contribution in [1.82, 2.24) is 24.5 Å². The summed E-state index contributed by atoms with van der Waals surface area (Å²) in [7, 11) is -2.68. The monoisotopic (exact) mass is 795 g/mol. The molecule has 0 saturated carbocycles. The number of nitrogens with zero attached hydrogens (tertiary/aromatic N) is 7. The molecule has 5 heterocycles. The Bertz CT molecular complexity index is 1960. The van der Waals surface area contributed by atoms with Crippen LogP contribution in [0, 0.1) is 11.3 Å². The quantitative estimate of drug-likeness (QED) is 0.0659. The number of piperidine rings is 1. The number of fused-ring (bicyclic) bond motifs is 3. The lowest BCUT2D eigenvalue weighted by Gasteiger charge is -2.40. The molecule has 2 aliphatic heterocycles. The van der Waals surface area contributed by atoms with Gasteiger partial charge in [-0.15, -0.1) is 0 Å². The largest absolute Gasteiger partial charge is 0.444 e. The van der Waals surface area contributed by atoms with Gasteiger partial charge in [0, 0.05) is 75.8 Å². The summed E-state index contributed by atoms with van der Waals surface area (Å²) in [5.41, 5.74) is 5.55. The fourth-order valence-electron chi connectivity index (χ4n) is 7.75. The third kappa shape index (κ3) is 10.3. The third-order valence-corrected chi connectivity index (χ3v) is 14.1. The van der Waals surface area contributed by atoms with Crippen molar-refractivity contribution in [2.45, 2.75) is 128 Å². The Balaban J connectivity index is 1.44. The molecule has 56 heavy (non-hydrogen) atoms. The Kier molecular flexibility index (Phi) is 12.7. The topological polar surface area (TPSA) is 118 Å². The van der Waals surface area contributed by atoms with Crippen LogP contribution in [0.15, 0.2) is 54.9 Å². The van der Waals surface area contributed by atoms with Crippen LogP contribution in [0.3, 0.4) is 0 Å². The molecule has 2 saturated heterocycles. The van der Waals surface area contributed by atoms with E-state index in [9.17, 15) is 10.1 Å². The van der Waals surface area contributed by atoms with Crippen molar-refractivity contribution >= 4 is 33.7 Å². The Hall–Kier alpha value is -4.10. The second-order valence-corrected chi connectivity index (χ2v) is 30.1. The molecule has 1 aromatic carbocycles. The number of benzene rings is 1. The molecule has 2 fully saturated rings. The number of carbonyl (C=O) groups excluding carboxylic acids is 1. The number of anilines is 1. The van der Waals surface area contributed by atoms with E-state index in [0.29, 0.717) is 32.3 Å². The van der Waals surface area contributed by atoms with Crippen LogP contribution in [0.1, 0.15) is 63.6 Å². The summed E-state index contributed by atoms with van der Waals surface area (Å²) in [4.78, 5) is 27.8. The lowest BCUT2D eigenvalue weighted by molar-refractivity contribution is 0.00566. The molecule has 2 aliphatic rings. The van der Waals surface area contributed by atoms with Crippen molar-refractivity contribution in [3.8, 4) is 28.5 Å². The Morgan fingerprint density at radius 2 is 1.52 bits per heavy atom. The van der Waals surface area contributed by atoms with Gasteiger partial charge in [0.2, 0.25) is 0 Å². The van der Waals surface area contributed by atoms with Gasteiger partial charge in [0.05, 0.1) is 30.1 Å². The van der Waals surface area contributed by atoms with E-state index < -0.39 is 21.7 Å². The van der Waals surface area contributed by atoms with Gasteiger partial charge in [-0.3, -0.25) is 4.98 Å². The van der Waals surface area contributed by atoms with Crippen molar-refractivity contribution in [2.75, 3.05) is 31.6 Å². The Morgan fingerprint density at radius 1 is 0.893 bits per heavy atom. The summed E-state index contributed by atoms with van der Waals surface area (Å²) in [5.74, 6) is 0.802. The minimum atomic E-state index is -1.34. The molecule has 300 valence electrons. The lowest BCUT2D eigenvalue weighted by Crippen LogP contribution is -2.48. The zero-order chi connectivity index (χ0) is 40.3. The maximum atomic E-state index is 13.5. The molecular weight excluding hydrogens is 735 g/mol. The number of carbonyl (C=O) groups is 1. The molecule has 6 rings (SSSR count). The molecule has 0 N–H and O–H groups in total. The molecule has 2 unspecified atom stereocenters. The third-order valence-electron chi connectivity index (χ3n) is 10.7. The molecule has 0 spiro atoms. The molecule has 1 amide bonds. The van der Waals surface area contributed by atoms with Crippen molar-refractivity contribution < 1.29 is 19.0 Å². The average molecular weight is 796 g/mol. The van der Waals surface area contributed by atoms with Crippen LogP contribution in [0.2, 0.25) is 51.4 Å². The Labute approximate surface area is 335 Å². The fraction of sp³-hybridized carbons (Fsp3) is 0.558. The summed E-state index contributed by atoms with van der Waals surface area (Å²) in [5, 5.41) is 15.4. The molecule has 2 bridgehead atoms. The van der Waals surface area contributed by atoms with Gasteiger partial charge < -0.3 is 24.0 Å². The van der Waals surface area contributed by atoms with Crippen LogP contribution in [-0.2, 0) is 20.6 Å². The maximum absolute atomic E-state index is 13.5. The van der Waals surface area contributed by atoms with Gasteiger partial charge in [-0.25, -0.2) is 9.78 Å². The van der Waals surface area contributed by atoms with Crippen LogP contribution in [0.4, 0.5) is 10.6 Å². The van der Waals surface area contributed by atoms with E-state index >= 15 is 0 Å². The zero-order valence-electron chi connectivity index (χ0n) is 35.0. The van der Waals surface area contributed by atoms with Crippen molar-refractivity contribution in [3.63, 3.8) is 0 Å². The van der Waals surface area contributed by atoms with Gasteiger partial charge in [-0.1, -0.05) is 75.7 Å². The van der Waals surface area contributed by atoms with Crippen LogP contribution in [-0.4, -0.2) is 91.1 Å². The number of ether oxygens (including phenoxy) is 3. The summed E-state index contributed by atoms with van der Waals surface area (Å²) < 4.78 is 20.6. The summed E-state index contributed by atoms with van der Waals surface area (Å²) in [6.45, 7) is 21.7. The second-order valence-electron chi connectivity index (χ2n) is 18.9. The van der Waals surface area contributed by atoms with Gasteiger partial charge in [0.1, 0.15) is 24.9 Å². The second kappa shape index (κ2) is 17.2. The van der Waals surface area contributed by atoms with Crippen LogP contribution in [0.5, 0.6) is 0 Å². The minimum absolute atomic E-state index is 0.0297. The number of rotatable bonds is 15. The van der Waals surface area contributed by atoms with Crippen LogP contribution < -0.4 is 4.90 Å². The normalized spacial score (nSPS) is 18.6. The van der Waals surface area contributed by atoms with Gasteiger partial charge >= 0.3 is 6.09 Å². The molecule has 3 atom stereocenters. The first-order chi connectivity index (χ1) is 26.5. The number of amides is 1. The van der Waals surface area contributed by atoms with E-state index in [1.807, 2.05) is 66.8 Å². The summed E-state index contributed by atoms with van der Waals surface area (Å²) in [6.07, 6.45) is 6.98. The molecule has 0 radical (unpaired) electrons. The van der Waals surface area contributed by atoms with Crippen LogP contribution in [0.25, 0.3) is 28.0 Å². The van der Waals surface area contributed by atoms with Crippen molar-refractivity contribution in [3.05, 3.63) is 66.1 Å². The molecule has 0 aliphatic carbocycles. The highest BCUT2D eigenvalue weighted by atomic mass is 28.3. The van der Waals surface area contributed by atoms with Gasteiger partial charge in [-0.2, -0.15) is 14.9 Å². The maximum Gasteiger partial charge on any atom is 0.410 e. The van der Waals surface area contributed by atoms with E-state index in [1.54, 1.807) is 0 Å². The van der Waals surface area contributed by atoms with E-state index in [-0.39, 0.29) is 30.5 Å². The molecule has 3 aromatic heterocycles. The SMILES string of the molecule is CC(C)(C)OC(=O)N1C2CC[C@@H]1CC(c1nc3c(-c4ccc(-c5ccccc5)nc4)cnn3c(N(COCC[Si](C)(C)C)COCC[Si](C)(C)C)c1CC#N)C2. The predicted molar refractivity (Wildman–Crippen MR) is 228 cm³/mol. The van der Waals surface area contributed by atoms with E-state index in [1.165, 1.54) is 0 Å². The first-order valence-corrected chi connectivity index (χ1v) is 27.6. The van der Waals surface area contributed by atoms with E-state index in [4.69, 9.17) is 29.3 Å². The molecule has 13 heteroatoms. The number of pyridine rings is 1. The minimum Gasteiger partial charge on any atom is -0.444 e. The highest BCUT2D eigenvalue weighted by Gasteiger charge is 2.46. The predicted octanol–water partition coefficient (Wildman–Crippen LogP) is 9.60. The zero-order valence-corrected chi connectivity index (χ0v) is 37.0. The van der Waals surface area contributed by atoms with Gasteiger partial charge in [0.25, 0.3) is 0 Å². The summed E-state index contributed by atoms with van der Waals surface area (Å²) in [6, 6.07) is 18.9. The van der Waals surface area contributed by atoms with E-state index in [2.05, 4.69) is 68.5 Å². The fourth-order valence-corrected chi connectivity index (χ4v) is 9.27. The molecular formula is C43H61N7O4Si2. The number of hydrogen-bond acceptors (Lipinski definition) is 9. The first-order valence-electron chi connectivity index (χ1n) is 20.2. The van der Waals surface area contributed by atoms with Crippen molar-refractivity contribution in [1.29, 1.82) is 5.26 Å². The Morgan fingerprint density at radius 3 is 2.05 bits per heavy atom. The molecule has 11 nitrogen and oxygen atoms in total. The number of hydrogen-bond donors (Lipinski definition) is 0. The average Bonchev–Trinajstić information content (AvgIpc) is 3.67.